The molecular weight excluding hydrogens is 214 g/mol. The zero-order chi connectivity index (χ0) is 12.7. The molecule has 2 amide bonds. The van der Waals surface area contributed by atoms with Gasteiger partial charge >= 0.3 is 0 Å². The average molecular weight is 227 g/mol. The highest BCUT2D eigenvalue weighted by Gasteiger charge is 2.12. The molecular formula is C14H13NO2. The molecule has 1 aliphatic heterocycles. The maximum absolute atomic E-state index is 11.7. The molecule has 0 aromatic rings. The molecule has 0 saturated carbocycles. The topological polar surface area (TPSA) is 46.2 Å². The number of allylic oxidation sites excluding steroid dienone is 6. The third-order valence-corrected chi connectivity index (χ3v) is 1.99. The summed E-state index contributed by atoms with van der Waals surface area (Å²) in [5, 5.41) is 2.24. The van der Waals surface area contributed by atoms with E-state index in [4.69, 9.17) is 0 Å². The van der Waals surface area contributed by atoms with Crippen molar-refractivity contribution in [3.05, 3.63) is 72.9 Å². The van der Waals surface area contributed by atoms with Crippen molar-refractivity contribution in [1.29, 1.82) is 0 Å². The van der Waals surface area contributed by atoms with E-state index >= 15 is 0 Å². The van der Waals surface area contributed by atoms with Crippen LogP contribution in [0, 0.1) is 0 Å². The standard InChI is InChI=1S/C14H13NO2/c1-3-4-9-12-10-7-5-6-8-11(2)13(16)15-14(12)17/h3-10H,1-2H2,(H,15,16,17)/b7-5-,8-6-,9-4-,12-10+. The van der Waals surface area contributed by atoms with Gasteiger partial charge in [-0.2, -0.15) is 0 Å². The van der Waals surface area contributed by atoms with Crippen molar-refractivity contribution < 1.29 is 9.59 Å². The molecule has 0 aromatic heterocycles. The molecule has 3 heteroatoms. The Morgan fingerprint density at radius 3 is 2.59 bits per heavy atom. The largest absolute Gasteiger partial charge is 0.288 e. The van der Waals surface area contributed by atoms with Gasteiger partial charge < -0.3 is 0 Å². The van der Waals surface area contributed by atoms with Gasteiger partial charge in [-0.1, -0.05) is 49.6 Å². The number of amides is 2. The molecule has 0 unspecified atom stereocenters. The smallest absolute Gasteiger partial charge is 0.258 e. The van der Waals surface area contributed by atoms with Gasteiger partial charge in [0.25, 0.3) is 11.8 Å². The minimum atomic E-state index is -0.501. The quantitative estimate of drug-likeness (QED) is 0.445. The van der Waals surface area contributed by atoms with Crippen molar-refractivity contribution >= 4 is 11.8 Å². The van der Waals surface area contributed by atoms with Gasteiger partial charge in [0.2, 0.25) is 0 Å². The monoisotopic (exact) mass is 227 g/mol. The Kier molecular flexibility index (Phi) is 4.63. The average Bonchev–Trinajstić information content (AvgIpc) is 2.31. The van der Waals surface area contributed by atoms with Crippen LogP contribution < -0.4 is 5.32 Å². The van der Waals surface area contributed by atoms with Crippen molar-refractivity contribution in [3.8, 4) is 0 Å². The number of rotatable bonds is 2. The van der Waals surface area contributed by atoms with E-state index in [0.717, 1.165) is 0 Å². The van der Waals surface area contributed by atoms with Crippen LogP contribution in [0.3, 0.4) is 0 Å². The van der Waals surface area contributed by atoms with Crippen LogP contribution in [0.15, 0.2) is 72.9 Å². The van der Waals surface area contributed by atoms with Crippen molar-refractivity contribution in [2.45, 2.75) is 0 Å². The van der Waals surface area contributed by atoms with Crippen LogP contribution in [-0.2, 0) is 9.59 Å². The van der Waals surface area contributed by atoms with Gasteiger partial charge in [0.15, 0.2) is 0 Å². The summed E-state index contributed by atoms with van der Waals surface area (Å²) in [6.07, 6.45) is 13.0. The van der Waals surface area contributed by atoms with Crippen LogP contribution in [0.5, 0.6) is 0 Å². The predicted molar refractivity (Wildman–Crippen MR) is 68.0 cm³/mol. The second-order valence-corrected chi connectivity index (χ2v) is 3.27. The van der Waals surface area contributed by atoms with Crippen LogP contribution in [-0.4, -0.2) is 11.8 Å². The fraction of sp³-hybridized carbons (Fsp3) is 0. The molecule has 1 N–H and O–H groups in total. The Balaban J connectivity index is 3.05. The van der Waals surface area contributed by atoms with E-state index in [9.17, 15) is 9.59 Å². The summed E-state index contributed by atoms with van der Waals surface area (Å²) in [5.41, 5.74) is 0.606. The number of imide groups is 1. The van der Waals surface area contributed by atoms with E-state index in [1.165, 1.54) is 6.08 Å². The van der Waals surface area contributed by atoms with Gasteiger partial charge in [-0.05, 0) is 12.2 Å². The normalized spacial score (nSPS) is 23.8. The number of nitrogens with one attached hydrogen (secondary N) is 1. The number of hydrogen-bond donors (Lipinski definition) is 1. The molecule has 17 heavy (non-hydrogen) atoms. The van der Waals surface area contributed by atoms with E-state index in [0.29, 0.717) is 5.57 Å². The van der Waals surface area contributed by atoms with Gasteiger partial charge in [0.1, 0.15) is 0 Å². The molecule has 3 nitrogen and oxygen atoms in total. The Morgan fingerprint density at radius 2 is 1.88 bits per heavy atom. The minimum Gasteiger partial charge on any atom is -0.288 e. The molecule has 0 atom stereocenters. The zero-order valence-electron chi connectivity index (χ0n) is 9.35. The zero-order valence-corrected chi connectivity index (χ0v) is 9.35. The Labute approximate surface area is 100 Å². The van der Waals surface area contributed by atoms with Gasteiger partial charge in [0, 0.05) is 11.1 Å². The van der Waals surface area contributed by atoms with Crippen LogP contribution in [0.25, 0.3) is 0 Å². The predicted octanol–water partition coefficient (Wildman–Crippen LogP) is 1.98. The molecule has 86 valence electrons. The first-order chi connectivity index (χ1) is 8.15. The first-order valence-electron chi connectivity index (χ1n) is 5.04. The highest BCUT2D eigenvalue weighted by molar-refractivity contribution is 6.11. The van der Waals surface area contributed by atoms with Crippen molar-refractivity contribution in [3.63, 3.8) is 0 Å². The SMILES string of the molecule is C=C\C=C/C1=C\C=C/C=C\C(=C)C(=O)NC1=O. The van der Waals surface area contributed by atoms with Crippen LogP contribution in [0.2, 0.25) is 0 Å². The van der Waals surface area contributed by atoms with Crippen LogP contribution in [0.4, 0.5) is 0 Å². The summed E-state index contributed by atoms with van der Waals surface area (Å²) < 4.78 is 0. The Morgan fingerprint density at radius 1 is 1.12 bits per heavy atom. The third kappa shape index (κ3) is 3.91. The summed E-state index contributed by atoms with van der Waals surface area (Å²) >= 11 is 0. The van der Waals surface area contributed by atoms with Crippen molar-refractivity contribution in [1.82, 2.24) is 5.32 Å². The lowest BCUT2D eigenvalue weighted by atomic mass is 10.1. The molecule has 1 rings (SSSR count). The second kappa shape index (κ2) is 6.23. The molecule has 0 aliphatic carbocycles. The summed E-state index contributed by atoms with van der Waals surface area (Å²) in [6, 6.07) is 0. The fourth-order valence-corrected chi connectivity index (χ4v) is 1.10. The maximum atomic E-state index is 11.7. The lowest BCUT2D eigenvalue weighted by Crippen LogP contribution is -2.31. The third-order valence-electron chi connectivity index (χ3n) is 1.99. The lowest BCUT2D eigenvalue weighted by Gasteiger charge is -2.05. The lowest BCUT2D eigenvalue weighted by molar-refractivity contribution is -0.125. The molecule has 0 spiro atoms. The molecule has 1 heterocycles. The molecule has 0 bridgehead atoms. The van der Waals surface area contributed by atoms with Gasteiger partial charge in [-0.15, -0.1) is 0 Å². The molecule has 0 saturated heterocycles. The number of hydrogen-bond acceptors (Lipinski definition) is 2. The van der Waals surface area contributed by atoms with Crippen molar-refractivity contribution in [2.24, 2.45) is 0 Å². The fourth-order valence-electron chi connectivity index (χ4n) is 1.10. The Bertz CT molecular complexity index is 476. The molecule has 0 aromatic carbocycles. The molecule has 0 radical (unpaired) electrons. The highest BCUT2D eigenvalue weighted by Crippen LogP contribution is 2.03. The highest BCUT2D eigenvalue weighted by atomic mass is 16.2. The first kappa shape index (κ1) is 12.6. The van der Waals surface area contributed by atoms with E-state index in [1.807, 2.05) is 0 Å². The van der Waals surface area contributed by atoms with E-state index in [-0.39, 0.29) is 5.57 Å². The summed E-state index contributed by atoms with van der Waals surface area (Å²) in [7, 11) is 0. The first-order valence-corrected chi connectivity index (χ1v) is 5.04. The van der Waals surface area contributed by atoms with E-state index in [1.54, 1.807) is 42.5 Å². The summed E-state index contributed by atoms with van der Waals surface area (Å²) in [5.74, 6) is -0.964. The van der Waals surface area contributed by atoms with Gasteiger partial charge in [-0.3, -0.25) is 14.9 Å². The Hall–Kier alpha value is -2.42. The van der Waals surface area contributed by atoms with Gasteiger partial charge in [-0.25, -0.2) is 0 Å². The maximum Gasteiger partial charge on any atom is 0.258 e. The second-order valence-electron chi connectivity index (χ2n) is 3.27. The molecule has 1 aliphatic rings. The summed E-state index contributed by atoms with van der Waals surface area (Å²) in [4.78, 5) is 23.2. The van der Waals surface area contributed by atoms with E-state index < -0.39 is 11.8 Å². The van der Waals surface area contributed by atoms with Gasteiger partial charge in [0.05, 0.1) is 0 Å². The van der Waals surface area contributed by atoms with E-state index in [2.05, 4.69) is 18.5 Å². The summed E-state index contributed by atoms with van der Waals surface area (Å²) in [6.45, 7) is 7.07. The number of carbonyl (C=O) groups is 2. The van der Waals surface area contributed by atoms with Crippen molar-refractivity contribution in [2.75, 3.05) is 0 Å². The van der Waals surface area contributed by atoms with Crippen LogP contribution in [0.1, 0.15) is 0 Å². The minimum absolute atomic E-state index is 0.233. The number of carbonyl (C=O) groups excluding carboxylic acids is 2. The van der Waals surface area contributed by atoms with Crippen LogP contribution >= 0.6 is 0 Å². The molecule has 0 fully saturated rings.